The van der Waals surface area contributed by atoms with Gasteiger partial charge in [0.25, 0.3) is 5.56 Å². The van der Waals surface area contributed by atoms with Gasteiger partial charge < -0.3 is 5.32 Å². The van der Waals surface area contributed by atoms with Crippen LogP contribution >= 0.6 is 23.1 Å². The molecule has 2 aromatic heterocycles. The van der Waals surface area contributed by atoms with Crippen molar-refractivity contribution >= 4 is 39.2 Å². The molecule has 1 N–H and O–H groups in total. The number of nitrogens with zero attached hydrogens (tertiary/aromatic N) is 2. The number of nitrogens with one attached hydrogen (secondary N) is 1. The maximum Gasteiger partial charge on any atom is 0.263 e. The fourth-order valence-corrected chi connectivity index (χ4v) is 5.70. The highest BCUT2D eigenvalue weighted by Crippen LogP contribution is 2.35. The van der Waals surface area contributed by atoms with E-state index < -0.39 is 0 Å². The van der Waals surface area contributed by atoms with Crippen LogP contribution in [0.15, 0.2) is 9.95 Å². The Morgan fingerprint density at radius 1 is 1.30 bits per heavy atom. The first kappa shape index (κ1) is 20.4. The van der Waals surface area contributed by atoms with E-state index in [1.807, 2.05) is 18.4 Å². The van der Waals surface area contributed by atoms with E-state index in [-0.39, 0.29) is 23.3 Å². The molecular weight excluding hydrogens is 378 g/mol. The first-order chi connectivity index (χ1) is 13.0. The second-order valence-corrected chi connectivity index (χ2v) is 9.49. The van der Waals surface area contributed by atoms with Crippen molar-refractivity contribution in [1.29, 1.82) is 0 Å². The Hall–Kier alpha value is -1.34. The smallest absolute Gasteiger partial charge is 0.263 e. The molecular formula is C20H29N3O2S2. The van der Waals surface area contributed by atoms with Gasteiger partial charge in [0.1, 0.15) is 4.83 Å². The number of aryl methyl sites for hydroxylation is 2. The third kappa shape index (κ3) is 4.74. The van der Waals surface area contributed by atoms with Crippen molar-refractivity contribution in [2.24, 2.45) is 0 Å². The number of thioether (sulfide) groups is 1. The number of carbonyl (C=O) groups excluding carboxylic acids is 1. The summed E-state index contributed by atoms with van der Waals surface area (Å²) in [6.07, 6.45) is 7.62. The Labute approximate surface area is 169 Å². The molecule has 1 amide bonds. The van der Waals surface area contributed by atoms with Crippen molar-refractivity contribution in [3.63, 3.8) is 0 Å². The van der Waals surface area contributed by atoms with E-state index in [1.165, 1.54) is 35.0 Å². The summed E-state index contributed by atoms with van der Waals surface area (Å²) in [7, 11) is 0. The molecule has 0 aliphatic heterocycles. The van der Waals surface area contributed by atoms with Gasteiger partial charge in [0.2, 0.25) is 5.91 Å². The topological polar surface area (TPSA) is 64.0 Å². The van der Waals surface area contributed by atoms with Crippen LogP contribution in [-0.2, 0) is 24.2 Å². The molecule has 0 saturated heterocycles. The van der Waals surface area contributed by atoms with Gasteiger partial charge in [-0.05, 0) is 45.1 Å². The lowest BCUT2D eigenvalue weighted by Crippen LogP contribution is -2.32. The quantitative estimate of drug-likeness (QED) is 0.385. The molecule has 2 heterocycles. The summed E-state index contributed by atoms with van der Waals surface area (Å²) >= 11 is 3.04. The molecule has 0 unspecified atom stereocenters. The van der Waals surface area contributed by atoms with Gasteiger partial charge >= 0.3 is 0 Å². The fourth-order valence-electron chi connectivity index (χ4n) is 3.56. The maximum absolute atomic E-state index is 13.3. The zero-order chi connectivity index (χ0) is 19.4. The highest BCUT2D eigenvalue weighted by atomic mass is 32.2. The van der Waals surface area contributed by atoms with Crippen molar-refractivity contribution in [3.05, 3.63) is 20.8 Å². The third-order valence-corrected chi connectivity index (χ3v) is 6.97. The maximum atomic E-state index is 13.3. The summed E-state index contributed by atoms with van der Waals surface area (Å²) in [5, 5.41) is 4.42. The molecule has 0 atom stereocenters. The molecule has 7 heteroatoms. The summed E-state index contributed by atoms with van der Waals surface area (Å²) < 4.78 is 1.82. The Morgan fingerprint density at radius 3 is 2.85 bits per heavy atom. The second-order valence-electron chi connectivity index (χ2n) is 7.46. The molecule has 0 radical (unpaired) electrons. The minimum Gasteiger partial charge on any atom is -0.353 e. The second kappa shape index (κ2) is 9.24. The lowest BCUT2D eigenvalue weighted by molar-refractivity contribution is -0.119. The van der Waals surface area contributed by atoms with Crippen LogP contribution in [-0.4, -0.2) is 27.3 Å². The molecule has 5 nitrogen and oxygen atoms in total. The molecule has 2 aromatic rings. The molecule has 27 heavy (non-hydrogen) atoms. The number of rotatable bonds is 9. The van der Waals surface area contributed by atoms with Gasteiger partial charge in [-0.1, -0.05) is 37.9 Å². The SMILES string of the molecule is CCCCCCn1c(SCC(=O)NC(C)C)nc2sc3c(c2c1=O)CCC3. The molecule has 0 fully saturated rings. The van der Waals surface area contributed by atoms with Crippen LogP contribution < -0.4 is 10.9 Å². The number of amides is 1. The van der Waals surface area contributed by atoms with Gasteiger partial charge in [0, 0.05) is 17.5 Å². The normalized spacial score (nSPS) is 13.5. The van der Waals surface area contributed by atoms with Gasteiger partial charge in [-0.25, -0.2) is 4.98 Å². The first-order valence-electron chi connectivity index (χ1n) is 9.98. The number of unbranched alkanes of at least 4 members (excludes halogenated alkanes) is 3. The van der Waals surface area contributed by atoms with Gasteiger partial charge in [-0.2, -0.15) is 0 Å². The number of aromatic nitrogens is 2. The van der Waals surface area contributed by atoms with Gasteiger partial charge in [0.15, 0.2) is 5.16 Å². The predicted octanol–water partition coefficient (Wildman–Crippen LogP) is 4.14. The van der Waals surface area contributed by atoms with Crippen molar-refractivity contribution in [2.75, 3.05) is 5.75 Å². The van der Waals surface area contributed by atoms with Crippen LogP contribution in [0.1, 0.15) is 63.3 Å². The number of hydrogen-bond donors (Lipinski definition) is 1. The van der Waals surface area contributed by atoms with Gasteiger partial charge in [-0.15, -0.1) is 11.3 Å². The van der Waals surface area contributed by atoms with Crippen molar-refractivity contribution in [3.8, 4) is 0 Å². The molecule has 0 spiro atoms. The van der Waals surface area contributed by atoms with Crippen molar-refractivity contribution in [2.45, 2.75) is 83.5 Å². The number of carbonyl (C=O) groups is 1. The standard InChI is InChI=1S/C20H29N3O2S2/c1-4-5-6-7-11-23-19(25)17-14-9-8-10-15(14)27-18(17)22-20(23)26-12-16(24)21-13(2)3/h13H,4-12H2,1-3H3,(H,21,24). The van der Waals surface area contributed by atoms with Crippen LogP contribution in [0.4, 0.5) is 0 Å². The molecule has 3 rings (SSSR count). The molecule has 148 valence electrons. The fraction of sp³-hybridized carbons (Fsp3) is 0.650. The number of fused-ring (bicyclic) bond motifs is 3. The van der Waals surface area contributed by atoms with E-state index in [0.29, 0.717) is 11.7 Å². The minimum absolute atomic E-state index is 0.0180. The molecule has 1 aliphatic rings. The summed E-state index contributed by atoms with van der Waals surface area (Å²) in [6, 6.07) is 0.116. The third-order valence-electron chi connectivity index (χ3n) is 4.81. The van der Waals surface area contributed by atoms with E-state index in [4.69, 9.17) is 4.98 Å². The molecule has 0 bridgehead atoms. The highest BCUT2D eigenvalue weighted by molar-refractivity contribution is 7.99. The Kier molecular flexibility index (Phi) is 6.98. The van der Waals surface area contributed by atoms with Crippen molar-refractivity contribution < 1.29 is 4.79 Å². The summed E-state index contributed by atoms with van der Waals surface area (Å²) in [6.45, 7) is 6.76. The van der Waals surface area contributed by atoms with Crippen LogP contribution in [0.25, 0.3) is 10.2 Å². The van der Waals surface area contributed by atoms with Crippen LogP contribution in [0.5, 0.6) is 0 Å². The zero-order valence-electron chi connectivity index (χ0n) is 16.5. The Balaban J connectivity index is 1.89. The lowest BCUT2D eigenvalue weighted by atomic mass is 10.2. The van der Waals surface area contributed by atoms with Gasteiger partial charge in [-0.3, -0.25) is 14.2 Å². The summed E-state index contributed by atoms with van der Waals surface area (Å²) in [4.78, 5) is 32.3. The van der Waals surface area contributed by atoms with E-state index in [2.05, 4.69) is 12.2 Å². The van der Waals surface area contributed by atoms with Gasteiger partial charge in [0.05, 0.1) is 11.1 Å². The van der Waals surface area contributed by atoms with E-state index in [9.17, 15) is 9.59 Å². The molecule has 0 saturated carbocycles. The minimum atomic E-state index is -0.0180. The van der Waals surface area contributed by atoms with Crippen molar-refractivity contribution in [1.82, 2.24) is 14.9 Å². The van der Waals surface area contributed by atoms with E-state index in [1.54, 1.807) is 11.3 Å². The van der Waals surface area contributed by atoms with Crippen LogP contribution in [0.3, 0.4) is 0 Å². The average Bonchev–Trinajstić information content (AvgIpc) is 3.18. The highest BCUT2D eigenvalue weighted by Gasteiger charge is 2.23. The van der Waals surface area contributed by atoms with Crippen LogP contribution in [0.2, 0.25) is 0 Å². The van der Waals surface area contributed by atoms with E-state index in [0.717, 1.165) is 42.3 Å². The average molecular weight is 408 g/mol. The van der Waals surface area contributed by atoms with Crippen LogP contribution in [0, 0.1) is 0 Å². The largest absolute Gasteiger partial charge is 0.353 e. The summed E-state index contributed by atoms with van der Waals surface area (Å²) in [5.41, 5.74) is 1.31. The Bertz CT molecular complexity index is 870. The monoisotopic (exact) mass is 407 g/mol. The lowest BCUT2D eigenvalue weighted by Gasteiger charge is -2.13. The summed E-state index contributed by atoms with van der Waals surface area (Å²) in [5.74, 6) is 0.270. The Morgan fingerprint density at radius 2 is 2.11 bits per heavy atom. The number of hydrogen-bond acceptors (Lipinski definition) is 5. The number of thiophene rings is 1. The molecule has 1 aliphatic carbocycles. The van der Waals surface area contributed by atoms with E-state index >= 15 is 0 Å². The zero-order valence-corrected chi connectivity index (χ0v) is 18.1. The molecule has 0 aromatic carbocycles. The first-order valence-corrected chi connectivity index (χ1v) is 11.8. The predicted molar refractivity (Wildman–Crippen MR) is 114 cm³/mol.